The molecule has 1 unspecified atom stereocenters. The highest BCUT2D eigenvalue weighted by atomic mass is 15.3. The molecule has 3 rings (SSSR count). The minimum atomic E-state index is 0.526. The number of aryl methyl sites for hydroxylation is 3. The number of hydrogen-bond donors (Lipinski definition) is 1. The number of aliphatic imine (C=N–C) groups is 1. The second-order valence-electron chi connectivity index (χ2n) is 6.98. The third-order valence-electron chi connectivity index (χ3n) is 5.35. The fraction of sp³-hybridized carbons (Fsp3) is 0.632. The van der Waals surface area contributed by atoms with E-state index in [0.29, 0.717) is 5.92 Å². The summed E-state index contributed by atoms with van der Waals surface area (Å²) in [6.07, 6.45) is 7.20. The highest BCUT2D eigenvalue weighted by molar-refractivity contribution is 5.80. The van der Waals surface area contributed by atoms with Gasteiger partial charge in [-0.2, -0.15) is 10.2 Å². The first-order chi connectivity index (χ1) is 12.6. The van der Waals surface area contributed by atoms with E-state index in [4.69, 9.17) is 0 Å². The van der Waals surface area contributed by atoms with Crippen LogP contribution < -0.4 is 5.32 Å². The molecule has 1 saturated heterocycles. The Labute approximate surface area is 156 Å². The lowest BCUT2D eigenvalue weighted by molar-refractivity contribution is 0.485. The fourth-order valence-corrected chi connectivity index (χ4v) is 3.97. The van der Waals surface area contributed by atoms with Gasteiger partial charge in [-0.15, -0.1) is 0 Å². The van der Waals surface area contributed by atoms with Gasteiger partial charge in [-0.25, -0.2) is 0 Å². The zero-order chi connectivity index (χ0) is 18.7. The van der Waals surface area contributed by atoms with Crippen LogP contribution in [0.5, 0.6) is 0 Å². The Morgan fingerprint density at radius 1 is 1.31 bits per heavy atom. The van der Waals surface area contributed by atoms with Gasteiger partial charge in [0.15, 0.2) is 5.96 Å². The first-order valence-corrected chi connectivity index (χ1v) is 9.55. The SMILES string of the molecule is CCc1nn(C)c(CC)c1CNC(=NC)N1CCC(c2cnn(C)c2)C1. The molecule has 1 aliphatic rings. The van der Waals surface area contributed by atoms with Crippen molar-refractivity contribution < 1.29 is 0 Å². The van der Waals surface area contributed by atoms with E-state index in [1.807, 2.05) is 36.7 Å². The average Bonchev–Trinajstić information content (AvgIpc) is 3.34. The summed E-state index contributed by atoms with van der Waals surface area (Å²) in [6.45, 7) is 7.14. The van der Waals surface area contributed by atoms with Crippen molar-refractivity contribution in [1.29, 1.82) is 0 Å². The van der Waals surface area contributed by atoms with Gasteiger partial charge in [0.1, 0.15) is 0 Å². The molecule has 0 amide bonds. The number of nitrogens with zero attached hydrogens (tertiary/aromatic N) is 6. The Balaban J connectivity index is 1.66. The third kappa shape index (κ3) is 3.61. The number of guanidine groups is 1. The van der Waals surface area contributed by atoms with Gasteiger partial charge in [0.2, 0.25) is 0 Å². The van der Waals surface area contributed by atoms with Crippen molar-refractivity contribution in [3.63, 3.8) is 0 Å². The molecule has 26 heavy (non-hydrogen) atoms. The molecule has 1 fully saturated rings. The quantitative estimate of drug-likeness (QED) is 0.655. The van der Waals surface area contributed by atoms with Gasteiger partial charge in [-0.05, 0) is 24.8 Å². The van der Waals surface area contributed by atoms with Crippen molar-refractivity contribution in [2.24, 2.45) is 19.1 Å². The molecular weight excluding hydrogens is 326 g/mol. The van der Waals surface area contributed by atoms with E-state index in [-0.39, 0.29) is 0 Å². The Morgan fingerprint density at radius 2 is 2.12 bits per heavy atom. The molecule has 0 bridgehead atoms. The van der Waals surface area contributed by atoms with Crippen LogP contribution in [0.15, 0.2) is 17.4 Å². The predicted octanol–water partition coefficient (Wildman–Crippen LogP) is 1.84. The van der Waals surface area contributed by atoms with Crippen LogP contribution in [0.4, 0.5) is 0 Å². The van der Waals surface area contributed by atoms with Crippen LogP contribution in [0, 0.1) is 0 Å². The minimum Gasteiger partial charge on any atom is -0.352 e. The predicted molar refractivity (Wildman–Crippen MR) is 104 cm³/mol. The molecule has 142 valence electrons. The van der Waals surface area contributed by atoms with Crippen molar-refractivity contribution in [3.05, 3.63) is 34.9 Å². The Morgan fingerprint density at radius 3 is 2.73 bits per heavy atom. The maximum absolute atomic E-state index is 4.67. The van der Waals surface area contributed by atoms with Crippen LogP contribution in [0.25, 0.3) is 0 Å². The lowest BCUT2D eigenvalue weighted by atomic mass is 10.0. The maximum Gasteiger partial charge on any atom is 0.193 e. The molecule has 0 spiro atoms. The summed E-state index contributed by atoms with van der Waals surface area (Å²) in [7, 11) is 5.88. The van der Waals surface area contributed by atoms with Crippen LogP contribution >= 0.6 is 0 Å². The van der Waals surface area contributed by atoms with Crippen LogP contribution in [-0.2, 0) is 33.5 Å². The maximum atomic E-state index is 4.67. The van der Waals surface area contributed by atoms with Crippen molar-refractivity contribution in [2.45, 2.75) is 45.6 Å². The van der Waals surface area contributed by atoms with Crippen molar-refractivity contribution in [3.8, 4) is 0 Å². The molecule has 2 aromatic heterocycles. The highest BCUT2D eigenvalue weighted by Gasteiger charge is 2.27. The summed E-state index contributed by atoms with van der Waals surface area (Å²) in [4.78, 5) is 6.87. The fourth-order valence-electron chi connectivity index (χ4n) is 3.97. The zero-order valence-corrected chi connectivity index (χ0v) is 16.7. The second-order valence-corrected chi connectivity index (χ2v) is 6.98. The smallest absolute Gasteiger partial charge is 0.193 e. The van der Waals surface area contributed by atoms with Gasteiger partial charge in [-0.3, -0.25) is 14.4 Å². The molecular formula is C19H31N7. The van der Waals surface area contributed by atoms with E-state index in [9.17, 15) is 0 Å². The zero-order valence-electron chi connectivity index (χ0n) is 16.7. The lowest BCUT2D eigenvalue weighted by Gasteiger charge is -2.22. The van der Waals surface area contributed by atoms with Crippen LogP contribution in [0.1, 0.15) is 48.7 Å². The van der Waals surface area contributed by atoms with Crippen molar-refractivity contribution in [1.82, 2.24) is 29.8 Å². The topological polar surface area (TPSA) is 63.3 Å². The molecule has 0 saturated carbocycles. The molecule has 0 radical (unpaired) electrons. The van der Waals surface area contributed by atoms with E-state index in [1.165, 1.54) is 22.5 Å². The Bertz CT molecular complexity index is 771. The average molecular weight is 358 g/mol. The molecule has 2 aromatic rings. The molecule has 7 nitrogen and oxygen atoms in total. The summed E-state index contributed by atoms with van der Waals surface area (Å²) in [5.41, 5.74) is 5.13. The first-order valence-electron chi connectivity index (χ1n) is 9.55. The van der Waals surface area contributed by atoms with Crippen molar-refractivity contribution in [2.75, 3.05) is 20.1 Å². The number of rotatable bonds is 5. The molecule has 0 aliphatic carbocycles. The van der Waals surface area contributed by atoms with Crippen LogP contribution in [0.2, 0.25) is 0 Å². The van der Waals surface area contributed by atoms with Gasteiger partial charge < -0.3 is 10.2 Å². The van der Waals surface area contributed by atoms with Crippen LogP contribution in [0.3, 0.4) is 0 Å². The monoisotopic (exact) mass is 357 g/mol. The van der Waals surface area contributed by atoms with Gasteiger partial charge >= 0.3 is 0 Å². The minimum absolute atomic E-state index is 0.526. The van der Waals surface area contributed by atoms with E-state index in [1.54, 1.807) is 0 Å². The molecule has 3 heterocycles. The highest BCUT2D eigenvalue weighted by Crippen LogP contribution is 2.26. The summed E-state index contributed by atoms with van der Waals surface area (Å²) in [5.74, 6) is 1.50. The molecule has 1 atom stereocenters. The summed E-state index contributed by atoms with van der Waals surface area (Å²) < 4.78 is 3.90. The lowest BCUT2D eigenvalue weighted by Crippen LogP contribution is -2.39. The second kappa shape index (κ2) is 7.93. The number of nitrogens with one attached hydrogen (secondary N) is 1. The number of likely N-dealkylation sites (tertiary alicyclic amines) is 1. The van der Waals surface area contributed by atoms with E-state index >= 15 is 0 Å². The number of hydrogen-bond acceptors (Lipinski definition) is 3. The summed E-state index contributed by atoms with van der Waals surface area (Å²) >= 11 is 0. The van der Waals surface area contributed by atoms with Crippen LogP contribution in [-0.4, -0.2) is 50.6 Å². The van der Waals surface area contributed by atoms with E-state index < -0.39 is 0 Å². The van der Waals surface area contributed by atoms with Gasteiger partial charge in [-0.1, -0.05) is 13.8 Å². The molecule has 1 aliphatic heterocycles. The summed E-state index contributed by atoms with van der Waals surface area (Å²) in [6, 6.07) is 0. The van der Waals surface area contributed by atoms with E-state index in [0.717, 1.165) is 44.9 Å². The standard InChI is InChI=1S/C19H31N7/c1-6-17-16(18(7-2)25(5)23-17)11-21-19(20-3)26-9-8-14(13-26)15-10-22-24(4)12-15/h10,12,14H,6-9,11,13H2,1-5H3,(H,20,21). The summed E-state index contributed by atoms with van der Waals surface area (Å²) in [5, 5.41) is 12.5. The molecule has 7 heteroatoms. The van der Waals surface area contributed by atoms with Gasteiger partial charge in [0.05, 0.1) is 11.9 Å². The van der Waals surface area contributed by atoms with Gasteiger partial charge in [0, 0.05) is 64.1 Å². The van der Waals surface area contributed by atoms with Gasteiger partial charge in [0.25, 0.3) is 0 Å². The molecule has 1 N–H and O–H groups in total. The third-order valence-corrected chi connectivity index (χ3v) is 5.35. The largest absolute Gasteiger partial charge is 0.352 e. The Hall–Kier alpha value is -2.31. The Kier molecular flexibility index (Phi) is 5.64. The number of aromatic nitrogens is 4. The van der Waals surface area contributed by atoms with Crippen molar-refractivity contribution >= 4 is 5.96 Å². The first kappa shape index (κ1) is 18.5. The normalized spacial score (nSPS) is 18.0. The van der Waals surface area contributed by atoms with E-state index in [2.05, 4.69) is 45.5 Å². The molecule has 0 aromatic carbocycles.